The molecule has 2 heterocycles. The van der Waals surface area contributed by atoms with Crippen LogP contribution in [0.3, 0.4) is 0 Å². The summed E-state index contributed by atoms with van der Waals surface area (Å²) in [6.07, 6.45) is 0. The smallest absolute Gasteiger partial charge is 0.322 e. The van der Waals surface area contributed by atoms with Crippen molar-refractivity contribution in [1.82, 2.24) is 20.0 Å². The summed E-state index contributed by atoms with van der Waals surface area (Å²) in [4.78, 5) is 36.2. The molecular weight excluding hydrogens is 378 g/mol. The predicted octanol–water partition coefficient (Wildman–Crippen LogP) is 0.449. The first-order valence-electron chi connectivity index (χ1n) is 8.43. The number of hydrogen-bond donors (Lipinski definition) is 1. The quantitative estimate of drug-likeness (QED) is 0.517. The number of fused-ring (bicyclic) bond motifs is 1. The molecule has 1 N–H and O–H groups in total. The van der Waals surface area contributed by atoms with E-state index in [1.165, 1.54) is 12.1 Å². The molecule has 0 atom stereocenters. The maximum absolute atomic E-state index is 12.5. The number of carbonyl (C=O) groups is 2. The van der Waals surface area contributed by atoms with Crippen molar-refractivity contribution in [3.05, 3.63) is 70.6 Å². The molecule has 0 saturated heterocycles. The maximum atomic E-state index is 12.5. The van der Waals surface area contributed by atoms with Gasteiger partial charge >= 0.3 is 6.01 Å². The zero-order valence-electron chi connectivity index (χ0n) is 14.7. The highest BCUT2D eigenvalue weighted by atomic mass is 16.4. The van der Waals surface area contributed by atoms with Gasteiger partial charge in [-0.25, -0.2) is 4.68 Å². The topological polar surface area (TPSA) is 143 Å². The van der Waals surface area contributed by atoms with Gasteiger partial charge in [0.25, 0.3) is 5.56 Å². The molecule has 0 unspecified atom stereocenters. The van der Waals surface area contributed by atoms with E-state index < -0.39 is 29.7 Å². The van der Waals surface area contributed by atoms with Crippen LogP contribution in [0.4, 0.5) is 6.01 Å². The number of rotatable bonds is 5. The molecule has 0 bridgehead atoms. The SMILES string of the molecule is O=C(Cn1nc(C(=O)[O-])c2ccccc2c1=O)Nc1nnc(-c2ccccc2)o1. The molecule has 4 rings (SSSR count). The summed E-state index contributed by atoms with van der Waals surface area (Å²) in [7, 11) is 0. The number of amides is 1. The van der Waals surface area contributed by atoms with E-state index in [9.17, 15) is 19.5 Å². The van der Waals surface area contributed by atoms with Gasteiger partial charge in [-0.2, -0.15) is 5.10 Å². The molecule has 29 heavy (non-hydrogen) atoms. The second kappa shape index (κ2) is 7.35. The maximum Gasteiger partial charge on any atom is 0.322 e. The summed E-state index contributed by atoms with van der Waals surface area (Å²) in [5, 5.41) is 25.3. The molecule has 0 aliphatic carbocycles. The number of hydrogen-bond acceptors (Lipinski definition) is 8. The molecule has 4 aromatic rings. The Morgan fingerprint density at radius 1 is 1.00 bits per heavy atom. The van der Waals surface area contributed by atoms with E-state index in [0.29, 0.717) is 5.56 Å². The Morgan fingerprint density at radius 3 is 2.41 bits per heavy atom. The van der Waals surface area contributed by atoms with Gasteiger partial charge < -0.3 is 14.3 Å². The van der Waals surface area contributed by atoms with Gasteiger partial charge in [0.2, 0.25) is 11.8 Å². The lowest BCUT2D eigenvalue weighted by atomic mass is 10.1. The van der Waals surface area contributed by atoms with E-state index in [-0.39, 0.29) is 22.7 Å². The van der Waals surface area contributed by atoms with E-state index in [1.54, 1.807) is 36.4 Å². The molecule has 10 heteroatoms. The van der Waals surface area contributed by atoms with E-state index in [1.807, 2.05) is 6.07 Å². The van der Waals surface area contributed by atoms with Crippen LogP contribution in [0.2, 0.25) is 0 Å². The molecule has 1 amide bonds. The Hall–Kier alpha value is -4.34. The molecule has 0 fully saturated rings. The van der Waals surface area contributed by atoms with Crippen molar-refractivity contribution in [3.8, 4) is 11.5 Å². The van der Waals surface area contributed by atoms with Crippen LogP contribution >= 0.6 is 0 Å². The summed E-state index contributed by atoms with van der Waals surface area (Å²) in [5.74, 6) is -2.04. The number of nitrogens with zero attached hydrogens (tertiary/aromatic N) is 4. The normalized spacial score (nSPS) is 10.8. The second-order valence-electron chi connectivity index (χ2n) is 5.97. The Balaban J connectivity index is 1.58. The predicted molar refractivity (Wildman–Crippen MR) is 98.7 cm³/mol. The van der Waals surface area contributed by atoms with Crippen LogP contribution in [0.5, 0.6) is 0 Å². The lowest BCUT2D eigenvalue weighted by Gasteiger charge is -2.10. The molecule has 0 spiro atoms. The molecule has 0 saturated carbocycles. The third-order valence-electron chi connectivity index (χ3n) is 4.05. The van der Waals surface area contributed by atoms with Crippen LogP contribution in [0.1, 0.15) is 10.5 Å². The van der Waals surface area contributed by atoms with E-state index in [0.717, 1.165) is 4.68 Å². The van der Waals surface area contributed by atoms with Crippen LogP contribution in [0, 0.1) is 0 Å². The number of carboxylic acids is 1. The van der Waals surface area contributed by atoms with Crippen molar-refractivity contribution in [2.24, 2.45) is 0 Å². The van der Waals surface area contributed by atoms with Crippen molar-refractivity contribution in [1.29, 1.82) is 0 Å². The van der Waals surface area contributed by atoms with Crippen molar-refractivity contribution < 1.29 is 19.1 Å². The molecule has 0 radical (unpaired) electrons. The number of carbonyl (C=O) groups excluding carboxylic acids is 2. The van der Waals surface area contributed by atoms with Crippen molar-refractivity contribution >= 4 is 28.7 Å². The fourth-order valence-electron chi connectivity index (χ4n) is 2.76. The van der Waals surface area contributed by atoms with Gasteiger partial charge in [0.05, 0.1) is 11.4 Å². The molecule has 10 nitrogen and oxygen atoms in total. The first-order chi connectivity index (χ1) is 14.0. The van der Waals surface area contributed by atoms with Gasteiger partial charge in [-0.05, 0) is 18.2 Å². The monoisotopic (exact) mass is 390 g/mol. The Morgan fingerprint density at radius 2 is 1.69 bits per heavy atom. The number of carboxylic acid groups (broad SMARTS) is 1. The van der Waals surface area contributed by atoms with Crippen LogP contribution in [0.15, 0.2) is 63.8 Å². The molecule has 0 aliphatic heterocycles. The summed E-state index contributed by atoms with van der Waals surface area (Å²) in [6.45, 7) is -0.549. The minimum absolute atomic E-state index is 0.110. The van der Waals surface area contributed by atoms with Crippen LogP contribution in [-0.2, 0) is 11.3 Å². The summed E-state index contributed by atoms with van der Waals surface area (Å²) >= 11 is 0. The lowest BCUT2D eigenvalue weighted by Crippen LogP contribution is -2.34. The van der Waals surface area contributed by atoms with Gasteiger partial charge in [0.15, 0.2) is 0 Å². The first-order valence-corrected chi connectivity index (χ1v) is 8.43. The summed E-state index contributed by atoms with van der Waals surface area (Å²) < 4.78 is 6.12. The number of anilines is 1. The first kappa shape index (κ1) is 18.0. The highest BCUT2D eigenvalue weighted by Crippen LogP contribution is 2.19. The molecule has 144 valence electrons. The number of benzene rings is 2. The Bertz CT molecular complexity index is 1280. The number of aromatic carboxylic acids is 1. The average Bonchev–Trinajstić information content (AvgIpc) is 3.19. The third-order valence-corrected chi connectivity index (χ3v) is 4.05. The van der Waals surface area contributed by atoms with Gasteiger partial charge in [0, 0.05) is 10.9 Å². The highest BCUT2D eigenvalue weighted by molar-refractivity contribution is 6.00. The summed E-state index contributed by atoms with van der Waals surface area (Å²) in [5.41, 5.74) is -0.375. The zero-order valence-corrected chi connectivity index (χ0v) is 14.7. The molecule has 2 aromatic carbocycles. The largest absolute Gasteiger partial charge is 0.543 e. The van der Waals surface area contributed by atoms with Gasteiger partial charge in [-0.3, -0.25) is 14.9 Å². The van der Waals surface area contributed by atoms with Gasteiger partial charge in [-0.15, -0.1) is 5.10 Å². The summed E-state index contributed by atoms with van der Waals surface area (Å²) in [6, 6.07) is 14.8. The van der Waals surface area contributed by atoms with E-state index in [4.69, 9.17) is 4.42 Å². The zero-order chi connectivity index (χ0) is 20.4. The Labute approximate surface area is 162 Å². The van der Waals surface area contributed by atoms with Crippen molar-refractivity contribution in [2.45, 2.75) is 6.54 Å². The molecule has 2 aromatic heterocycles. The van der Waals surface area contributed by atoms with E-state index in [2.05, 4.69) is 20.6 Å². The van der Waals surface area contributed by atoms with Gasteiger partial charge in [0.1, 0.15) is 12.2 Å². The second-order valence-corrected chi connectivity index (χ2v) is 5.97. The fourth-order valence-corrected chi connectivity index (χ4v) is 2.76. The number of aromatic nitrogens is 4. The number of nitrogens with one attached hydrogen (secondary N) is 1. The lowest BCUT2D eigenvalue weighted by molar-refractivity contribution is -0.255. The third kappa shape index (κ3) is 3.58. The van der Waals surface area contributed by atoms with Crippen LogP contribution in [0.25, 0.3) is 22.2 Å². The van der Waals surface area contributed by atoms with Crippen molar-refractivity contribution in [2.75, 3.05) is 5.32 Å². The average molecular weight is 390 g/mol. The van der Waals surface area contributed by atoms with Crippen LogP contribution < -0.4 is 16.0 Å². The minimum atomic E-state index is -1.56. The standard InChI is InChI=1S/C19H13N5O5/c25-14(20-19-22-21-16(29-19)11-6-2-1-3-7-11)10-24-17(26)13-9-5-4-8-12(13)15(23-24)18(27)28/h1-9H,10H2,(H,27,28)(H,20,22,25)/p-1. The highest BCUT2D eigenvalue weighted by Gasteiger charge is 2.15. The fraction of sp³-hybridized carbons (Fsp3) is 0.0526. The minimum Gasteiger partial charge on any atom is -0.543 e. The van der Waals surface area contributed by atoms with Crippen LogP contribution in [-0.4, -0.2) is 31.9 Å². The van der Waals surface area contributed by atoms with Gasteiger partial charge in [-0.1, -0.05) is 41.5 Å². The van der Waals surface area contributed by atoms with E-state index >= 15 is 0 Å². The Kier molecular flexibility index (Phi) is 4.57. The molecule has 0 aliphatic rings. The molecular formula is C19H12N5O5-. The van der Waals surface area contributed by atoms with Crippen molar-refractivity contribution in [3.63, 3.8) is 0 Å².